The molecule has 0 amide bonds. The van der Waals surface area contributed by atoms with Crippen molar-refractivity contribution in [2.75, 3.05) is 13.2 Å². The molecule has 2 rings (SSSR count). The van der Waals surface area contributed by atoms with Gasteiger partial charge in [0.05, 0.1) is 6.10 Å². The predicted molar refractivity (Wildman–Crippen MR) is 67.5 cm³/mol. The van der Waals surface area contributed by atoms with E-state index in [9.17, 15) is 0 Å². The Morgan fingerprint density at radius 2 is 2.00 bits per heavy atom. The fourth-order valence-corrected chi connectivity index (χ4v) is 3.34. The molecule has 1 heterocycles. The van der Waals surface area contributed by atoms with Crippen LogP contribution in [0.3, 0.4) is 0 Å². The van der Waals surface area contributed by atoms with Gasteiger partial charge in [0, 0.05) is 24.0 Å². The van der Waals surface area contributed by atoms with Gasteiger partial charge in [-0.1, -0.05) is 34.6 Å². The highest BCUT2D eigenvalue weighted by Gasteiger charge is 2.58. The largest absolute Gasteiger partial charge is 0.377 e. The van der Waals surface area contributed by atoms with Crippen LogP contribution in [0.15, 0.2) is 0 Å². The third-order valence-corrected chi connectivity index (χ3v) is 4.34. The van der Waals surface area contributed by atoms with Crippen LogP contribution in [0.1, 0.15) is 47.5 Å². The first-order chi connectivity index (χ1) is 7.32. The Labute approximate surface area is 100 Å². The summed E-state index contributed by atoms with van der Waals surface area (Å²) >= 11 is 0. The first-order valence-electron chi connectivity index (χ1n) is 6.67. The lowest BCUT2D eigenvalue weighted by molar-refractivity contribution is -0.112. The van der Waals surface area contributed by atoms with E-state index >= 15 is 0 Å². The van der Waals surface area contributed by atoms with Gasteiger partial charge in [0.25, 0.3) is 0 Å². The zero-order valence-electron chi connectivity index (χ0n) is 11.5. The topological polar surface area (TPSA) is 21.3 Å². The lowest BCUT2D eigenvalue weighted by Crippen LogP contribution is -2.66. The van der Waals surface area contributed by atoms with E-state index in [1.54, 1.807) is 0 Å². The highest BCUT2D eigenvalue weighted by molar-refractivity contribution is 5.11. The van der Waals surface area contributed by atoms with Gasteiger partial charge in [0.15, 0.2) is 0 Å². The summed E-state index contributed by atoms with van der Waals surface area (Å²) in [5.41, 5.74) is 0.769. The molecule has 0 spiro atoms. The Bertz CT molecular complexity index is 254. The maximum atomic E-state index is 5.80. The second kappa shape index (κ2) is 3.99. The molecule has 16 heavy (non-hydrogen) atoms. The van der Waals surface area contributed by atoms with Crippen molar-refractivity contribution in [1.29, 1.82) is 0 Å². The van der Waals surface area contributed by atoms with E-state index in [0.717, 1.165) is 19.1 Å². The maximum Gasteiger partial charge on any atom is 0.0685 e. The van der Waals surface area contributed by atoms with Crippen molar-refractivity contribution >= 4 is 0 Å². The zero-order chi connectivity index (χ0) is 12.0. The van der Waals surface area contributed by atoms with Gasteiger partial charge in [-0.25, -0.2) is 0 Å². The van der Waals surface area contributed by atoms with E-state index in [2.05, 4.69) is 39.9 Å². The van der Waals surface area contributed by atoms with Crippen molar-refractivity contribution < 1.29 is 4.74 Å². The molecule has 0 bridgehead atoms. The molecular weight excluding hydrogens is 198 g/mol. The molecule has 3 atom stereocenters. The second-order valence-corrected chi connectivity index (χ2v) is 7.31. The predicted octanol–water partition coefficient (Wildman–Crippen LogP) is 2.83. The van der Waals surface area contributed by atoms with Crippen LogP contribution in [0, 0.1) is 16.7 Å². The molecule has 0 aromatic carbocycles. The van der Waals surface area contributed by atoms with E-state index in [1.165, 1.54) is 12.8 Å². The van der Waals surface area contributed by atoms with Gasteiger partial charge in [-0.05, 0) is 24.8 Å². The normalized spacial score (nSPS) is 36.9. The van der Waals surface area contributed by atoms with Crippen LogP contribution in [0.2, 0.25) is 0 Å². The quantitative estimate of drug-likeness (QED) is 0.797. The molecule has 0 radical (unpaired) electrons. The molecule has 2 heteroatoms. The number of rotatable bonds is 3. The number of fused-ring (bicyclic) bond motifs is 1. The van der Waals surface area contributed by atoms with Gasteiger partial charge in [0.2, 0.25) is 0 Å². The van der Waals surface area contributed by atoms with Crippen molar-refractivity contribution in [3.8, 4) is 0 Å². The molecule has 2 aliphatic rings. The monoisotopic (exact) mass is 225 g/mol. The summed E-state index contributed by atoms with van der Waals surface area (Å²) in [4.78, 5) is 0. The van der Waals surface area contributed by atoms with Crippen molar-refractivity contribution in [3.05, 3.63) is 0 Å². The Kier molecular flexibility index (Phi) is 3.09. The average molecular weight is 225 g/mol. The minimum absolute atomic E-state index is 0.332. The van der Waals surface area contributed by atoms with E-state index < -0.39 is 0 Å². The Balaban J connectivity index is 1.82. The molecule has 3 unspecified atom stereocenters. The molecular formula is C14H27NO. The molecule has 94 valence electrons. The Morgan fingerprint density at radius 3 is 2.62 bits per heavy atom. The Hall–Kier alpha value is -0.0800. The molecule has 0 aromatic heterocycles. The van der Waals surface area contributed by atoms with Gasteiger partial charge in [-0.15, -0.1) is 0 Å². The van der Waals surface area contributed by atoms with Crippen molar-refractivity contribution in [2.24, 2.45) is 16.7 Å². The summed E-state index contributed by atoms with van der Waals surface area (Å²) in [6, 6.07) is 0.669. The number of hydrogen-bond donors (Lipinski definition) is 1. The summed E-state index contributed by atoms with van der Waals surface area (Å²) in [7, 11) is 0. The van der Waals surface area contributed by atoms with Crippen LogP contribution in [0.4, 0.5) is 0 Å². The highest BCUT2D eigenvalue weighted by Crippen LogP contribution is 2.52. The van der Waals surface area contributed by atoms with Crippen LogP contribution >= 0.6 is 0 Å². The fourth-order valence-electron chi connectivity index (χ4n) is 3.34. The molecule has 0 aromatic rings. The lowest BCUT2D eigenvalue weighted by Gasteiger charge is -2.55. The minimum atomic E-state index is 0.332. The third-order valence-electron chi connectivity index (χ3n) is 4.34. The first kappa shape index (κ1) is 12.4. The zero-order valence-corrected chi connectivity index (χ0v) is 11.5. The van der Waals surface area contributed by atoms with Crippen molar-refractivity contribution in [1.82, 2.24) is 5.32 Å². The minimum Gasteiger partial charge on any atom is -0.377 e. The summed E-state index contributed by atoms with van der Waals surface area (Å²) < 4.78 is 5.80. The summed E-state index contributed by atoms with van der Waals surface area (Å²) in [6.45, 7) is 13.7. The average Bonchev–Trinajstić information content (AvgIpc) is 2.56. The molecule has 2 fully saturated rings. The molecule has 1 saturated carbocycles. The van der Waals surface area contributed by atoms with Crippen LogP contribution < -0.4 is 5.32 Å². The smallest absolute Gasteiger partial charge is 0.0685 e. The van der Waals surface area contributed by atoms with Gasteiger partial charge in [-0.2, -0.15) is 0 Å². The van der Waals surface area contributed by atoms with E-state index in [0.29, 0.717) is 23.0 Å². The van der Waals surface area contributed by atoms with E-state index in [4.69, 9.17) is 4.74 Å². The number of ether oxygens (including phenoxy) is 1. The van der Waals surface area contributed by atoms with E-state index in [1.807, 2.05) is 0 Å². The van der Waals surface area contributed by atoms with Crippen LogP contribution in [-0.4, -0.2) is 25.3 Å². The first-order valence-corrected chi connectivity index (χ1v) is 6.67. The van der Waals surface area contributed by atoms with Gasteiger partial charge < -0.3 is 10.1 Å². The number of hydrogen-bond acceptors (Lipinski definition) is 2. The van der Waals surface area contributed by atoms with Crippen LogP contribution in [0.5, 0.6) is 0 Å². The molecule has 1 aliphatic heterocycles. The summed E-state index contributed by atoms with van der Waals surface area (Å²) in [5.74, 6) is 0.773. The van der Waals surface area contributed by atoms with Crippen LogP contribution in [-0.2, 0) is 4.74 Å². The summed E-state index contributed by atoms with van der Waals surface area (Å²) in [6.07, 6.45) is 3.01. The number of nitrogens with one attached hydrogen (secondary N) is 1. The molecule has 2 nitrogen and oxygen atoms in total. The second-order valence-electron chi connectivity index (χ2n) is 7.31. The van der Waals surface area contributed by atoms with Gasteiger partial charge in [-0.3, -0.25) is 0 Å². The SMILES string of the molecule is CC(C)(C)CCNC1C2CCOC2C1(C)C. The molecule has 1 N–H and O–H groups in total. The van der Waals surface area contributed by atoms with Crippen LogP contribution in [0.25, 0.3) is 0 Å². The maximum absolute atomic E-state index is 5.80. The standard InChI is InChI=1S/C14H27NO/c1-13(2,3)7-8-15-11-10-6-9-16-12(10)14(11,4)5/h10-12,15H,6-9H2,1-5H3. The van der Waals surface area contributed by atoms with Crippen molar-refractivity contribution in [2.45, 2.75) is 59.6 Å². The lowest BCUT2D eigenvalue weighted by atomic mass is 9.57. The molecule has 1 saturated heterocycles. The third kappa shape index (κ3) is 2.14. The Morgan fingerprint density at radius 1 is 1.31 bits per heavy atom. The highest BCUT2D eigenvalue weighted by atomic mass is 16.5. The van der Waals surface area contributed by atoms with Gasteiger partial charge >= 0.3 is 0 Å². The molecule has 1 aliphatic carbocycles. The fraction of sp³-hybridized carbons (Fsp3) is 1.00. The van der Waals surface area contributed by atoms with E-state index in [-0.39, 0.29) is 0 Å². The summed E-state index contributed by atoms with van der Waals surface area (Å²) in [5, 5.41) is 3.76. The van der Waals surface area contributed by atoms with Gasteiger partial charge in [0.1, 0.15) is 0 Å². The van der Waals surface area contributed by atoms with Crippen molar-refractivity contribution in [3.63, 3.8) is 0 Å².